The van der Waals surface area contributed by atoms with Crippen molar-refractivity contribution in [2.45, 2.75) is 51.9 Å². The van der Waals surface area contributed by atoms with Crippen molar-refractivity contribution < 1.29 is 48.0 Å². The molecule has 10 nitrogen and oxygen atoms in total. The van der Waals surface area contributed by atoms with E-state index in [0.29, 0.717) is 39.5 Å². The van der Waals surface area contributed by atoms with Crippen molar-refractivity contribution >= 4 is 23.7 Å². The highest BCUT2D eigenvalue weighted by Crippen LogP contribution is 2.03. The molecular weight excluding hydrogens is 400 g/mol. The lowest BCUT2D eigenvalue weighted by molar-refractivity contribution is -0.151. The fourth-order valence-corrected chi connectivity index (χ4v) is 2.13. The molecule has 0 aliphatic carbocycles. The Morgan fingerprint density at radius 2 is 1.07 bits per heavy atom. The number of unbranched alkanes of at least 4 members (excludes halogenated alkanes) is 3. The Kier molecular flexibility index (Phi) is 18.9. The first kappa shape index (κ1) is 28.0. The van der Waals surface area contributed by atoms with Gasteiger partial charge in [-0.1, -0.05) is 26.2 Å². The first-order valence-electron chi connectivity index (χ1n) is 10.3. The van der Waals surface area contributed by atoms with Gasteiger partial charge in [-0.25, -0.2) is 4.79 Å². The van der Waals surface area contributed by atoms with Crippen LogP contribution in [0.15, 0.2) is 0 Å². The van der Waals surface area contributed by atoms with E-state index >= 15 is 0 Å². The Labute approximate surface area is 177 Å². The van der Waals surface area contributed by atoms with Gasteiger partial charge in [0.25, 0.3) is 0 Å². The summed E-state index contributed by atoms with van der Waals surface area (Å²) < 4.78 is 25.6. The highest BCUT2D eigenvalue weighted by atomic mass is 16.6. The zero-order valence-corrected chi connectivity index (χ0v) is 17.7. The van der Waals surface area contributed by atoms with Gasteiger partial charge in [-0.2, -0.15) is 0 Å². The number of carbonyl (C=O) groups is 4. The Morgan fingerprint density at radius 1 is 0.600 bits per heavy atom. The number of hydrogen-bond acceptors (Lipinski definition) is 9. The van der Waals surface area contributed by atoms with E-state index in [1.807, 2.05) is 0 Å². The third-order valence-electron chi connectivity index (χ3n) is 3.75. The minimum Gasteiger partial charge on any atom is -0.476 e. The monoisotopic (exact) mass is 434 g/mol. The summed E-state index contributed by atoms with van der Waals surface area (Å²) in [5.74, 6) is -3.43. The average molecular weight is 434 g/mol. The van der Waals surface area contributed by atoms with Crippen LogP contribution in [-0.4, -0.2) is 81.7 Å². The zero-order valence-electron chi connectivity index (χ0n) is 17.7. The summed E-state index contributed by atoms with van der Waals surface area (Å²) in [4.78, 5) is 43.8. The molecule has 0 aromatic heterocycles. The van der Waals surface area contributed by atoms with Crippen LogP contribution in [0.4, 0.5) is 0 Å². The highest BCUT2D eigenvalue weighted by molar-refractivity contribution is 6.32. The predicted molar refractivity (Wildman–Crippen MR) is 105 cm³/mol. The molecule has 0 unspecified atom stereocenters. The minimum absolute atomic E-state index is 0.0144. The number of carboxylic acids is 1. The first-order valence-corrected chi connectivity index (χ1v) is 10.3. The van der Waals surface area contributed by atoms with Gasteiger partial charge in [-0.3, -0.25) is 14.4 Å². The zero-order chi connectivity index (χ0) is 22.5. The van der Waals surface area contributed by atoms with Gasteiger partial charge in [0.1, 0.15) is 13.2 Å². The Morgan fingerprint density at radius 3 is 1.53 bits per heavy atom. The number of ether oxygens (including phenoxy) is 5. The molecule has 0 aliphatic rings. The van der Waals surface area contributed by atoms with Crippen molar-refractivity contribution in [3.8, 4) is 0 Å². The average Bonchev–Trinajstić information content (AvgIpc) is 2.72. The van der Waals surface area contributed by atoms with Crippen LogP contribution in [-0.2, 0) is 42.9 Å². The molecule has 0 aromatic carbocycles. The lowest BCUT2D eigenvalue weighted by atomic mass is 10.2. The van der Waals surface area contributed by atoms with Crippen LogP contribution in [0.5, 0.6) is 0 Å². The van der Waals surface area contributed by atoms with E-state index in [1.54, 1.807) is 0 Å². The van der Waals surface area contributed by atoms with Crippen molar-refractivity contribution in [3.63, 3.8) is 0 Å². The second-order valence-electron chi connectivity index (χ2n) is 6.32. The number of ketones is 1. The molecule has 30 heavy (non-hydrogen) atoms. The largest absolute Gasteiger partial charge is 0.476 e. The molecule has 0 radical (unpaired) electrons. The van der Waals surface area contributed by atoms with Crippen LogP contribution in [0.3, 0.4) is 0 Å². The molecular formula is C20H34O10. The third kappa shape index (κ3) is 19.3. The van der Waals surface area contributed by atoms with Crippen LogP contribution < -0.4 is 0 Å². The maximum absolute atomic E-state index is 11.4. The summed E-state index contributed by atoms with van der Waals surface area (Å²) in [6.07, 6.45) is 3.97. The number of rotatable bonds is 21. The maximum atomic E-state index is 11.4. The van der Waals surface area contributed by atoms with E-state index in [-0.39, 0.29) is 38.6 Å². The fraction of sp³-hybridized carbons (Fsp3) is 0.800. The number of Topliss-reactive ketones (excluding diaryl/α,β-unsaturated/α-hetero) is 1. The topological polar surface area (TPSA) is 135 Å². The molecule has 0 aromatic rings. The molecule has 0 heterocycles. The van der Waals surface area contributed by atoms with Gasteiger partial charge in [0, 0.05) is 12.8 Å². The van der Waals surface area contributed by atoms with E-state index in [1.165, 1.54) is 0 Å². The third-order valence-corrected chi connectivity index (χ3v) is 3.75. The predicted octanol–water partition coefficient (Wildman–Crippen LogP) is 1.53. The second-order valence-corrected chi connectivity index (χ2v) is 6.32. The molecule has 0 rings (SSSR count). The molecule has 174 valence electrons. The molecule has 0 bridgehead atoms. The molecule has 1 N–H and O–H groups in total. The standard InChI is InChI=1S/C20H34O10/c1-2-3-4-5-6-18(22)29-15-13-27-11-9-26-10-12-28-14-16-30-19(23)8-7-17(21)20(24)25/h2-16H2,1H3,(H,24,25). The fourth-order valence-electron chi connectivity index (χ4n) is 2.13. The number of aliphatic carboxylic acids is 1. The summed E-state index contributed by atoms with van der Waals surface area (Å²) in [5.41, 5.74) is 0. The van der Waals surface area contributed by atoms with Gasteiger partial charge in [0.15, 0.2) is 0 Å². The molecule has 0 saturated heterocycles. The SMILES string of the molecule is CCCCCCC(=O)OCCOCCOCCOCCOC(=O)CCC(=O)C(=O)O. The van der Waals surface area contributed by atoms with E-state index < -0.39 is 17.7 Å². The van der Waals surface area contributed by atoms with Crippen LogP contribution in [0.2, 0.25) is 0 Å². The molecule has 0 aliphatic heterocycles. The smallest absolute Gasteiger partial charge is 0.372 e. The Bertz CT molecular complexity index is 492. The van der Waals surface area contributed by atoms with Gasteiger partial charge < -0.3 is 28.8 Å². The van der Waals surface area contributed by atoms with E-state index in [2.05, 4.69) is 6.92 Å². The van der Waals surface area contributed by atoms with Crippen molar-refractivity contribution in [2.75, 3.05) is 52.9 Å². The molecule has 10 heteroatoms. The van der Waals surface area contributed by atoms with Crippen molar-refractivity contribution in [2.24, 2.45) is 0 Å². The molecule has 0 saturated carbocycles. The summed E-state index contributed by atoms with van der Waals surface area (Å²) >= 11 is 0. The second kappa shape index (κ2) is 20.2. The maximum Gasteiger partial charge on any atom is 0.372 e. The number of carboxylic acid groups (broad SMARTS) is 1. The van der Waals surface area contributed by atoms with Crippen LogP contribution in [0.1, 0.15) is 51.9 Å². The van der Waals surface area contributed by atoms with Crippen LogP contribution >= 0.6 is 0 Å². The van der Waals surface area contributed by atoms with Crippen LogP contribution in [0.25, 0.3) is 0 Å². The normalized spacial score (nSPS) is 10.6. The van der Waals surface area contributed by atoms with Gasteiger partial charge in [0.05, 0.1) is 46.1 Å². The first-order chi connectivity index (χ1) is 14.5. The van der Waals surface area contributed by atoms with Crippen molar-refractivity contribution in [1.82, 2.24) is 0 Å². The number of carbonyl (C=O) groups excluding carboxylic acids is 3. The quantitative estimate of drug-likeness (QED) is 0.161. The van der Waals surface area contributed by atoms with Gasteiger partial charge in [-0.05, 0) is 6.42 Å². The van der Waals surface area contributed by atoms with Crippen LogP contribution in [0, 0.1) is 0 Å². The Balaban J connectivity index is 3.28. The summed E-state index contributed by atoms with van der Waals surface area (Å²) in [7, 11) is 0. The lowest BCUT2D eigenvalue weighted by Gasteiger charge is -2.08. The molecule has 0 fully saturated rings. The van der Waals surface area contributed by atoms with E-state index in [9.17, 15) is 19.2 Å². The van der Waals surface area contributed by atoms with Crippen molar-refractivity contribution in [1.29, 1.82) is 0 Å². The van der Waals surface area contributed by atoms with Crippen molar-refractivity contribution in [3.05, 3.63) is 0 Å². The van der Waals surface area contributed by atoms with E-state index in [0.717, 1.165) is 25.7 Å². The minimum atomic E-state index is -1.56. The number of esters is 2. The summed E-state index contributed by atoms with van der Waals surface area (Å²) in [5, 5.41) is 8.38. The van der Waals surface area contributed by atoms with Gasteiger partial charge >= 0.3 is 17.9 Å². The van der Waals surface area contributed by atoms with E-state index in [4.69, 9.17) is 28.8 Å². The molecule has 0 spiro atoms. The molecule has 0 atom stereocenters. The molecule has 0 amide bonds. The number of hydrogen-bond donors (Lipinski definition) is 1. The highest BCUT2D eigenvalue weighted by Gasteiger charge is 2.14. The van der Waals surface area contributed by atoms with Gasteiger partial charge in [-0.15, -0.1) is 0 Å². The summed E-state index contributed by atoms with van der Waals surface area (Å²) in [6.45, 7) is 4.27. The lowest BCUT2D eigenvalue weighted by Crippen LogP contribution is -2.17. The Hall–Kier alpha value is -2.04. The summed E-state index contributed by atoms with van der Waals surface area (Å²) in [6, 6.07) is 0. The van der Waals surface area contributed by atoms with Gasteiger partial charge in [0.2, 0.25) is 5.78 Å².